The highest BCUT2D eigenvalue weighted by atomic mass is 16.5. The summed E-state index contributed by atoms with van der Waals surface area (Å²) in [7, 11) is 0. The van der Waals surface area contributed by atoms with Gasteiger partial charge in [0, 0.05) is 5.69 Å². The van der Waals surface area contributed by atoms with Crippen molar-refractivity contribution in [3.8, 4) is 0 Å². The number of nitrogens with two attached hydrogens (primary N) is 1. The molecular formula is C21H30N4O2. The van der Waals surface area contributed by atoms with Crippen molar-refractivity contribution >= 4 is 17.1 Å². The molecule has 0 aromatic heterocycles. The lowest BCUT2D eigenvalue weighted by molar-refractivity contribution is 0.0328. The maximum atomic E-state index is 8.84. The number of allylic oxidation sites excluding steroid dienone is 2. The number of nitrogens with one attached hydrogen (secondary N) is 2. The van der Waals surface area contributed by atoms with Gasteiger partial charge in [-0.25, -0.2) is 0 Å². The molecule has 6 nitrogen and oxygen atoms in total. The van der Waals surface area contributed by atoms with E-state index in [9.17, 15) is 0 Å². The number of para-hydroxylation sites is 1. The number of ether oxygens (including phenoxy) is 1. The molecule has 6 heteroatoms. The van der Waals surface area contributed by atoms with E-state index in [0.717, 1.165) is 24.9 Å². The molecule has 0 bridgehead atoms. The predicted octanol–water partition coefficient (Wildman–Crippen LogP) is 3.26. The van der Waals surface area contributed by atoms with Gasteiger partial charge in [0.1, 0.15) is 0 Å². The highest BCUT2D eigenvalue weighted by molar-refractivity contribution is 6.23. The van der Waals surface area contributed by atoms with Crippen LogP contribution in [-0.2, 0) is 4.74 Å². The molecule has 1 aliphatic carbocycles. The van der Waals surface area contributed by atoms with E-state index in [1.807, 2.05) is 43.3 Å². The zero-order valence-corrected chi connectivity index (χ0v) is 16.1. The zero-order chi connectivity index (χ0) is 19.6. The molecule has 0 saturated carbocycles. The van der Waals surface area contributed by atoms with Crippen LogP contribution in [0.4, 0.5) is 5.69 Å². The van der Waals surface area contributed by atoms with Crippen LogP contribution in [0.15, 0.2) is 58.9 Å². The zero-order valence-electron chi connectivity index (χ0n) is 16.1. The smallest absolute Gasteiger partial charge is 0.0829 e. The number of benzene rings is 1. The average Bonchev–Trinajstić information content (AvgIpc) is 2.67. The van der Waals surface area contributed by atoms with Crippen LogP contribution in [0, 0.1) is 5.41 Å². The molecule has 0 radical (unpaired) electrons. The Morgan fingerprint density at radius 2 is 1.96 bits per heavy atom. The number of hydrogen-bond donors (Lipinski definition) is 4. The summed E-state index contributed by atoms with van der Waals surface area (Å²) in [6, 6.07) is 9.88. The molecule has 0 amide bonds. The summed E-state index contributed by atoms with van der Waals surface area (Å²) < 4.78 is 5.51. The Balaban J connectivity index is 2.08. The summed E-state index contributed by atoms with van der Waals surface area (Å²) in [5.74, 6) is 0. The Hall–Kier alpha value is -2.44. The number of anilines is 1. The minimum absolute atomic E-state index is 0.0408. The van der Waals surface area contributed by atoms with Crippen molar-refractivity contribution in [2.75, 3.05) is 18.5 Å². The number of nitrogens with zero attached hydrogens (tertiary/aromatic N) is 1. The van der Waals surface area contributed by atoms with E-state index in [2.05, 4.69) is 12.2 Å². The molecule has 0 spiro atoms. The molecule has 0 heterocycles. The van der Waals surface area contributed by atoms with Crippen molar-refractivity contribution in [1.29, 1.82) is 5.41 Å². The third kappa shape index (κ3) is 6.66. The molecule has 5 N–H and O–H groups in total. The Labute approximate surface area is 161 Å². The van der Waals surface area contributed by atoms with E-state index in [1.54, 1.807) is 6.08 Å². The van der Waals surface area contributed by atoms with Gasteiger partial charge in [-0.15, -0.1) is 0 Å². The molecule has 146 valence electrons. The maximum Gasteiger partial charge on any atom is 0.0829 e. The van der Waals surface area contributed by atoms with Crippen LogP contribution in [0.1, 0.15) is 33.1 Å². The SMILES string of the molecule is CCC(CCC(C)OCCO)N=C1C=C(Nc2ccccc2)C(=N)C=C1N. The number of aliphatic hydroxyl groups is 1. The normalized spacial score (nSPS) is 18.0. The highest BCUT2D eigenvalue weighted by Crippen LogP contribution is 2.17. The fourth-order valence-electron chi connectivity index (χ4n) is 2.82. The Kier molecular flexibility index (Phi) is 8.23. The molecule has 27 heavy (non-hydrogen) atoms. The molecule has 2 atom stereocenters. The average molecular weight is 370 g/mol. The van der Waals surface area contributed by atoms with Crippen molar-refractivity contribution in [3.63, 3.8) is 0 Å². The first-order chi connectivity index (χ1) is 13.0. The molecule has 2 rings (SSSR count). The molecule has 0 fully saturated rings. The second-order valence-electron chi connectivity index (χ2n) is 6.62. The number of rotatable bonds is 10. The molecule has 1 aromatic rings. The third-order valence-electron chi connectivity index (χ3n) is 4.41. The lowest BCUT2D eigenvalue weighted by Gasteiger charge is -2.19. The first kappa shape index (κ1) is 20.9. The van der Waals surface area contributed by atoms with Crippen LogP contribution in [0.25, 0.3) is 0 Å². The maximum absolute atomic E-state index is 8.84. The number of aliphatic imine (C=N–C) groups is 1. The molecule has 1 aliphatic rings. The first-order valence-corrected chi connectivity index (χ1v) is 9.44. The summed E-state index contributed by atoms with van der Waals surface area (Å²) in [5.41, 5.74) is 9.28. The van der Waals surface area contributed by atoms with Crippen LogP contribution >= 0.6 is 0 Å². The summed E-state index contributed by atoms with van der Waals surface area (Å²) in [4.78, 5) is 4.82. The van der Waals surface area contributed by atoms with Gasteiger partial charge in [-0.05, 0) is 50.5 Å². The van der Waals surface area contributed by atoms with Gasteiger partial charge in [0.15, 0.2) is 0 Å². The van der Waals surface area contributed by atoms with Gasteiger partial charge in [0.05, 0.1) is 48.2 Å². The molecule has 0 aliphatic heterocycles. The van der Waals surface area contributed by atoms with E-state index in [1.165, 1.54) is 0 Å². The van der Waals surface area contributed by atoms with Crippen molar-refractivity contribution in [2.24, 2.45) is 10.7 Å². The highest BCUT2D eigenvalue weighted by Gasteiger charge is 2.16. The van der Waals surface area contributed by atoms with E-state index < -0.39 is 0 Å². The number of aliphatic hydroxyl groups excluding tert-OH is 1. The lowest BCUT2D eigenvalue weighted by Crippen LogP contribution is -2.23. The van der Waals surface area contributed by atoms with Gasteiger partial charge in [0.2, 0.25) is 0 Å². The van der Waals surface area contributed by atoms with Crippen molar-refractivity contribution in [2.45, 2.75) is 45.3 Å². The molecule has 2 unspecified atom stereocenters. The van der Waals surface area contributed by atoms with Gasteiger partial charge >= 0.3 is 0 Å². The van der Waals surface area contributed by atoms with Crippen LogP contribution in [0.5, 0.6) is 0 Å². The van der Waals surface area contributed by atoms with Crippen LogP contribution in [0.2, 0.25) is 0 Å². The quantitative estimate of drug-likeness (QED) is 0.475. The van der Waals surface area contributed by atoms with Gasteiger partial charge < -0.3 is 20.9 Å². The Bertz CT molecular complexity index is 710. The summed E-state index contributed by atoms with van der Waals surface area (Å²) >= 11 is 0. The summed E-state index contributed by atoms with van der Waals surface area (Å²) in [6.07, 6.45) is 6.23. The topological polar surface area (TPSA) is 104 Å². The van der Waals surface area contributed by atoms with Gasteiger partial charge in [0.25, 0.3) is 0 Å². The van der Waals surface area contributed by atoms with Crippen LogP contribution in [0.3, 0.4) is 0 Å². The molecular weight excluding hydrogens is 340 g/mol. The minimum atomic E-state index is 0.0408. The van der Waals surface area contributed by atoms with Crippen LogP contribution < -0.4 is 11.1 Å². The fraction of sp³-hybridized carbons (Fsp3) is 0.429. The van der Waals surface area contributed by atoms with Crippen molar-refractivity contribution in [1.82, 2.24) is 0 Å². The first-order valence-electron chi connectivity index (χ1n) is 9.44. The summed E-state index contributed by atoms with van der Waals surface area (Å²) in [5, 5.41) is 20.3. The predicted molar refractivity (Wildman–Crippen MR) is 111 cm³/mol. The second kappa shape index (κ2) is 10.6. The standard InChI is InChI=1S/C21H30N4O2/c1-3-16(10-9-15(2)27-12-11-26)24-20-14-21(19(23)13-18(20)22)25-17-7-5-4-6-8-17/h4-8,13-16,23,25-26H,3,9-12,22H2,1-2H3. The monoisotopic (exact) mass is 370 g/mol. The molecule has 1 aromatic carbocycles. The van der Waals surface area contributed by atoms with Crippen molar-refractivity contribution < 1.29 is 9.84 Å². The minimum Gasteiger partial charge on any atom is -0.397 e. The lowest BCUT2D eigenvalue weighted by atomic mass is 10.0. The Morgan fingerprint density at radius 3 is 2.63 bits per heavy atom. The Morgan fingerprint density at radius 1 is 1.22 bits per heavy atom. The third-order valence-corrected chi connectivity index (χ3v) is 4.41. The second-order valence-corrected chi connectivity index (χ2v) is 6.62. The van der Waals surface area contributed by atoms with Gasteiger partial charge in [-0.1, -0.05) is 25.1 Å². The van der Waals surface area contributed by atoms with E-state index in [4.69, 9.17) is 26.0 Å². The summed E-state index contributed by atoms with van der Waals surface area (Å²) in [6.45, 7) is 4.51. The van der Waals surface area contributed by atoms with Gasteiger partial charge in [-0.2, -0.15) is 0 Å². The van der Waals surface area contributed by atoms with E-state index >= 15 is 0 Å². The van der Waals surface area contributed by atoms with Crippen molar-refractivity contribution in [3.05, 3.63) is 53.9 Å². The van der Waals surface area contributed by atoms with E-state index in [0.29, 0.717) is 29.4 Å². The largest absolute Gasteiger partial charge is 0.397 e. The van der Waals surface area contributed by atoms with E-state index in [-0.39, 0.29) is 18.8 Å². The van der Waals surface area contributed by atoms with Crippen LogP contribution in [-0.4, -0.2) is 41.9 Å². The van der Waals surface area contributed by atoms with Gasteiger partial charge in [-0.3, -0.25) is 10.4 Å². The fourth-order valence-corrected chi connectivity index (χ4v) is 2.82. The molecule has 0 saturated heterocycles. The number of hydrogen-bond acceptors (Lipinski definition) is 6.